The van der Waals surface area contributed by atoms with Crippen LogP contribution in [0.15, 0.2) is 36.9 Å². The third-order valence-corrected chi connectivity index (χ3v) is 7.40. The molecule has 31 heavy (non-hydrogen) atoms. The zero-order valence-electron chi connectivity index (χ0n) is 19.3. The highest BCUT2D eigenvalue weighted by Crippen LogP contribution is 2.27. The fourth-order valence-electron chi connectivity index (χ4n) is 3.87. The van der Waals surface area contributed by atoms with Crippen LogP contribution >= 0.6 is 0 Å². The van der Waals surface area contributed by atoms with Crippen LogP contribution in [-0.2, 0) is 14.9 Å². The standard InChI is InChI=1S/C23H39N3O4S/c1-5-17-25(2)18-7-6-8-19-30-23-15-11-21(12-16-23)26(3)31(27,28)24-20-9-13-22(29-4)14-10-20/h5,9-10,13-14,21,23-24H,1,6-8,11-12,15-19H2,2-4H3. The van der Waals surface area contributed by atoms with Crippen LogP contribution < -0.4 is 9.46 Å². The van der Waals surface area contributed by atoms with Crippen LogP contribution in [0.3, 0.4) is 0 Å². The molecule has 1 aliphatic rings. The Hall–Kier alpha value is -1.61. The minimum Gasteiger partial charge on any atom is -0.497 e. The van der Waals surface area contributed by atoms with Crippen molar-refractivity contribution < 1.29 is 17.9 Å². The zero-order valence-corrected chi connectivity index (χ0v) is 20.1. The Balaban J connectivity index is 1.67. The van der Waals surface area contributed by atoms with Gasteiger partial charge in [-0.15, -0.1) is 6.58 Å². The zero-order chi connectivity index (χ0) is 22.7. The summed E-state index contributed by atoms with van der Waals surface area (Å²) in [6.07, 6.45) is 9.00. The number of anilines is 1. The van der Waals surface area contributed by atoms with Crippen molar-refractivity contribution >= 4 is 15.9 Å². The molecule has 1 saturated carbocycles. The first-order chi connectivity index (χ1) is 14.9. The molecule has 1 aliphatic carbocycles. The number of hydrogen-bond acceptors (Lipinski definition) is 5. The van der Waals surface area contributed by atoms with Crippen LogP contribution in [0, 0.1) is 0 Å². The third-order valence-electron chi connectivity index (χ3n) is 5.85. The molecule has 0 amide bonds. The maximum atomic E-state index is 12.7. The lowest BCUT2D eigenvalue weighted by Gasteiger charge is -2.34. The molecule has 0 saturated heterocycles. The molecular weight excluding hydrogens is 414 g/mol. The summed E-state index contributed by atoms with van der Waals surface area (Å²) < 4.78 is 40.8. The Bertz CT molecular complexity index is 747. The quantitative estimate of drug-likeness (QED) is 0.342. The smallest absolute Gasteiger partial charge is 0.301 e. The number of hydrogen-bond donors (Lipinski definition) is 1. The largest absolute Gasteiger partial charge is 0.497 e. The molecule has 0 heterocycles. The molecule has 7 nitrogen and oxygen atoms in total. The summed E-state index contributed by atoms with van der Waals surface area (Å²) >= 11 is 0. The Labute approximate surface area is 188 Å². The molecule has 1 N–H and O–H groups in total. The van der Waals surface area contributed by atoms with Crippen molar-refractivity contribution in [3.05, 3.63) is 36.9 Å². The lowest BCUT2D eigenvalue weighted by molar-refractivity contribution is 0.0156. The molecule has 1 aromatic carbocycles. The maximum absolute atomic E-state index is 12.7. The Morgan fingerprint density at radius 1 is 1.10 bits per heavy atom. The number of unbranched alkanes of at least 4 members (excludes halogenated alkanes) is 2. The van der Waals surface area contributed by atoms with Gasteiger partial charge in [0.1, 0.15) is 5.75 Å². The monoisotopic (exact) mass is 453 g/mol. The Morgan fingerprint density at radius 3 is 2.39 bits per heavy atom. The van der Waals surface area contributed by atoms with Crippen molar-refractivity contribution in [2.45, 2.75) is 57.1 Å². The van der Waals surface area contributed by atoms with Gasteiger partial charge in [-0.1, -0.05) is 6.08 Å². The van der Waals surface area contributed by atoms with E-state index in [1.165, 1.54) is 10.7 Å². The summed E-state index contributed by atoms with van der Waals surface area (Å²) in [5, 5.41) is 0. The third kappa shape index (κ3) is 8.80. The summed E-state index contributed by atoms with van der Waals surface area (Å²) in [6.45, 7) is 6.56. The Morgan fingerprint density at radius 2 is 1.77 bits per heavy atom. The number of methoxy groups -OCH3 is 1. The molecule has 0 spiro atoms. The summed E-state index contributed by atoms with van der Waals surface area (Å²) in [5.74, 6) is 0.689. The highest BCUT2D eigenvalue weighted by molar-refractivity contribution is 7.90. The van der Waals surface area contributed by atoms with E-state index in [4.69, 9.17) is 9.47 Å². The van der Waals surface area contributed by atoms with Gasteiger partial charge >= 0.3 is 10.2 Å². The van der Waals surface area contributed by atoms with Crippen molar-refractivity contribution in [1.29, 1.82) is 0 Å². The Kier molecular flexibility index (Phi) is 10.8. The first-order valence-electron chi connectivity index (χ1n) is 11.2. The molecule has 0 aliphatic heterocycles. The molecule has 0 atom stereocenters. The highest BCUT2D eigenvalue weighted by Gasteiger charge is 2.30. The van der Waals surface area contributed by atoms with Gasteiger partial charge in [-0.05, 0) is 82.8 Å². The van der Waals surface area contributed by atoms with E-state index >= 15 is 0 Å². The second-order valence-electron chi connectivity index (χ2n) is 8.26. The van der Waals surface area contributed by atoms with E-state index in [0.717, 1.165) is 58.2 Å². The van der Waals surface area contributed by atoms with E-state index in [1.807, 2.05) is 6.08 Å². The lowest BCUT2D eigenvalue weighted by atomic mass is 9.93. The summed E-state index contributed by atoms with van der Waals surface area (Å²) in [4.78, 5) is 2.27. The minimum atomic E-state index is -3.60. The van der Waals surface area contributed by atoms with Crippen molar-refractivity contribution in [3.63, 3.8) is 0 Å². The van der Waals surface area contributed by atoms with Gasteiger partial charge in [0.05, 0.1) is 18.9 Å². The topological polar surface area (TPSA) is 71.1 Å². The molecule has 176 valence electrons. The number of ether oxygens (including phenoxy) is 2. The van der Waals surface area contributed by atoms with E-state index < -0.39 is 10.2 Å². The molecule has 0 bridgehead atoms. The minimum absolute atomic E-state index is 0.00371. The molecule has 1 aromatic rings. The van der Waals surface area contributed by atoms with Gasteiger partial charge in [0.25, 0.3) is 0 Å². The first kappa shape index (κ1) is 25.6. The van der Waals surface area contributed by atoms with Crippen LogP contribution in [0.5, 0.6) is 5.75 Å². The molecule has 1 fully saturated rings. The highest BCUT2D eigenvalue weighted by atomic mass is 32.2. The molecule has 0 radical (unpaired) electrons. The van der Waals surface area contributed by atoms with Crippen LogP contribution in [0.2, 0.25) is 0 Å². The van der Waals surface area contributed by atoms with Gasteiger partial charge in [0, 0.05) is 26.2 Å². The van der Waals surface area contributed by atoms with E-state index in [0.29, 0.717) is 11.4 Å². The van der Waals surface area contributed by atoms with Crippen molar-refractivity contribution in [2.24, 2.45) is 0 Å². The van der Waals surface area contributed by atoms with Crippen LogP contribution in [0.1, 0.15) is 44.9 Å². The SMILES string of the molecule is C=CCN(C)CCCCCOC1CCC(N(C)S(=O)(=O)Nc2ccc(OC)cc2)CC1. The van der Waals surface area contributed by atoms with Gasteiger partial charge in [-0.3, -0.25) is 4.72 Å². The molecule has 0 unspecified atom stereocenters. The molecule has 8 heteroatoms. The van der Waals surface area contributed by atoms with Gasteiger partial charge in [-0.25, -0.2) is 0 Å². The predicted octanol–water partition coefficient (Wildman–Crippen LogP) is 3.90. The summed E-state index contributed by atoms with van der Waals surface area (Å²) in [5.41, 5.74) is 0.528. The van der Waals surface area contributed by atoms with Crippen LogP contribution in [0.4, 0.5) is 5.69 Å². The fourth-order valence-corrected chi connectivity index (χ4v) is 5.06. The van der Waals surface area contributed by atoms with Gasteiger partial charge in [-0.2, -0.15) is 12.7 Å². The molecular formula is C23H39N3O4S. The molecule has 2 rings (SSSR count). The first-order valence-corrected chi connectivity index (χ1v) is 12.6. The van der Waals surface area contributed by atoms with Gasteiger partial charge in [0.2, 0.25) is 0 Å². The molecule has 0 aromatic heterocycles. The maximum Gasteiger partial charge on any atom is 0.301 e. The number of nitrogens with one attached hydrogen (secondary N) is 1. The summed E-state index contributed by atoms with van der Waals surface area (Å²) in [6, 6.07) is 6.87. The number of rotatable bonds is 14. The second kappa shape index (κ2) is 13.1. The fraction of sp³-hybridized carbons (Fsp3) is 0.652. The van der Waals surface area contributed by atoms with Crippen LogP contribution in [0.25, 0.3) is 0 Å². The number of nitrogens with zero attached hydrogens (tertiary/aromatic N) is 2. The lowest BCUT2D eigenvalue weighted by Crippen LogP contribution is -2.43. The summed E-state index contributed by atoms with van der Waals surface area (Å²) in [7, 11) is 1.75. The normalized spacial score (nSPS) is 19.5. The van der Waals surface area contributed by atoms with E-state index in [-0.39, 0.29) is 12.1 Å². The second-order valence-corrected chi connectivity index (χ2v) is 9.99. The number of likely N-dealkylation sites (N-methyl/N-ethyl adjacent to an activating group) is 1. The van der Waals surface area contributed by atoms with Crippen molar-refractivity contribution in [2.75, 3.05) is 45.6 Å². The average molecular weight is 454 g/mol. The van der Waals surface area contributed by atoms with E-state index in [9.17, 15) is 8.42 Å². The van der Waals surface area contributed by atoms with E-state index in [1.54, 1.807) is 38.4 Å². The predicted molar refractivity (Wildman–Crippen MR) is 127 cm³/mol. The van der Waals surface area contributed by atoms with Crippen LogP contribution in [-0.4, -0.2) is 70.7 Å². The van der Waals surface area contributed by atoms with Gasteiger partial charge < -0.3 is 14.4 Å². The number of benzene rings is 1. The van der Waals surface area contributed by atoms with Gasteiger partial charge in [0.15, 0.2) is 0 Å². The van der Waals surface area contributed by atoms with E-state index in [2.05, 4.69) is 23.2 Å². The van der Waals surface area contributed by atoms with Crippen molar-refractivity contribution in [3.8, 4) is 5.75 Å². The van der Waals surface area contributed by atoms with Crippen molar-refractivity contribution in [1.82, 2.24) is 9.21 Å². The average Bonchev–Trinajstić information content (AvgIpc) is 2.76.